The number of rotatable bonds is 4. The maximum atomic E-state index is 12.0. The predicted molar refractivity (Wildman–Crippen MR) is 89.8 cm³/mol. The summed E-state index contributed by atoms with van der Waals surface area (Å²) in [5.41, 5.74) is 1.61. The van der Waals surface area contributed by atoms with Gasteiger partial charge >= 0.3 is 6.03 Å². The van der Waals surface area contributed by atoms with Crippen molar-refractivity contribution in [3.63, 3.8) is 0 Å². The Kier molecular flexibility index (Phi) is 6.24. The number of hydrogen-bond donors (Lipinski definition) is 2. The molecular formula is C16H22ClN3O3. The predicted octanol–water partition coefficient (Wildman–Crippen LogP) is 2.41. The van der Waals surface area contributed by atoms with Crippen LogP contribution in [-0.4, -0.2) is 49.2 Å². The number of carbonyl (C=O) groups excluding carboxylic acids is 2. The first kappa shape index (κ1) is 17.6. The fraction of sp³-hybridized carbons (Fsp3) is 0.500. The zero-order valence-electron chi connectivity index (χ0n) is 13.4. The van der Waals surface area contributed by atoms with Gasteiger partial charge in [-0.05, 0) is 31.5 Å². The molecule has 126 valence electrons. The molecule has 0 saturated carbocycles. The molecule has 6 nitrogen and oxygen atoms in total. The SMILES string of the molecule is Cc1ccc(NC(=O)CCNC(=O)N2CCO[C@@H](C)C2)c(Cl)c1. The lowest BCUT2D eigenvalue weighted by molar-refractivity contribution is -0.116. The molecule has 23 heavy (non-hydrogen) atoms. The Bertz CT molecular complexity index is 580. The molecule has 1 aromatic rings. The first-order chi connectivity index (χ1) is 11.0. The monoisotopic (exact) mass is 339 g/mol. The van der Waals surface area contributed by atoms with Crippen LogP contribution in [0.15, 0.2) is 18.2 Å². The van der Waals surface area contributed by atoms with Crippen molar-refractivity contribution in [2.45, 2.75) is 26.4 Å². The van der Waals surface area contributed by atoms with Gasteiger partial charge in [0, 0.05) is 26.1 Å². The minimum Gasteiger partial charge on any atom is -0.375 e. The van der Waals surface area contributed by atoms with E-state index in [2.05, 4.69) is 10.6 Å². The summed E-state index contributed by atoms with van der Waals surface area (Å²) in [5.74, 6) is -0.189. The molecule has 7 heteroatoms. The van der Waals surface area contributed by atoms with Gasteiger partial charge in [-0.25, -0.2) is 4.79 Å². The van der Waals surface area contributed by atoms with Gasteiger partial charge in [0.2, 0.25) is 5.91 Å². The summed E-state index contributed by atoms with van der Waals surface area (Å²) in [6.45, 7) is 5.82. The highest BCUT2D eigenvalue weighted by atomic mass is 35.5. The number of morpholine rings is 1. The molecule has 3 amide bonds. The number of nitrogens with zero attached hydrogens (tertiary/aromatic N) is 1. The average Bonchev–Trinajstić information content (AvgIpc) is 2.50. The lowest BCUT2D eigenvalue weighted by Crippen LogP contribution is -2.49. The van der Waals surface area contributed by atoms with Crippen molar-refractivity contribution in [3.8, 4) is 0 Å². The minimum absolute atomic E-state index is 0.0430. The Morgan fingerprint density at radius 2 is 2.22 bits per heavy atom. The third-order valence-corrected chi connectivity index (χ3v) is 3.87. The molecule has 0 radical (unpaired) electrons. The van der Waals surface area contributed by atoms with E-state index in [4.69, 9.17) is 16.3 Å². The number of urea groups is 1. The summed E-state index contributed by atoms with van der Waals surface area (Å²) in [4.78, 5) is 25.6. The normalized spacial score (nSPS) is 17.7. The smallest absolute Gasteiger partial charge is 0.317 e. The number of anilines is 1. The average molecular weight is 340 g/mol. The molecule has 0 spiro atoms. The van der Waals surface area contributed by atoms with Crippen molar-refractivity contribution in [1.82, 2.24) is 10.2 Å². The molecule has 1 heterocycles. The van der Waals surface area contributed by atoms with E-state index in [1.54, 1.807) is 17.0 Å². The highest BCUT2D eigenvalue weighted by Crippen LogP contribution is 2.22. The Hall–Kier alpha value is -1.79. The molecule has 0 aromatic heterocycles. The van der Waals surface area contributed by atoms with Crippen LogP contribution in [0, 0.1) is 6.92 Å². The van der Waals surface area contributed by atoms with Crippen molar-refractivity contribution in [2.24, 2.45) is 0 Å². The van der Waals surface area contributed by atoms with Crippen LogP contribution < -0.4 is 10.6 Å². The lowest BCUT2D eigenvalue weighted by atomic mass is 10.2. The van der Waals surface area contributed by atoms with Gasteiger partial charge < -0.3 is 20.3 Å². The first-order valence-corrected chi connectivity index (χ1v) is 8.04. The lowest BCUT2D eigenvalue weighted by Gasteiger charge is -2.31. The van der Waals surface area contributed by atoms with Crippen molar-refractivity contribution in [2.75, 3.05) is 31.6 Å². The summed E-state index contributed by atoms with van der Waals surface area (Å²) < 4.78 is 5.39. The number of nitrogens with one attached hydrogen (secondary N) is 2. The van der Waals surface area contributed by atoms with Gasteiger partial charge in [0.1, 0.15) is 0 Å². The maximum Gasteiger partial charge on any atom is 0.317 e. The zero-order chi connectivity index (χ0) is 16.8. The second kappa shape index (κ2) is 8.17. The quantitative estimate of drug-likeness (QED) is 0.885. The number of amides is 3. The van der Waals surface area contributed by atoms with E-state index in [1.807, 2.05) is 19.9 Å². The van der Waals surface area contributed by atoms with Crippen molar-refractivity contribution in [3.05, 3.63) is 28.8 Å². The summed E-state index contributed by atoms with van der Waals surface area (Å²) >= 11 is 6.07. The number of carbonyl (C=O) groups is 2. The molecule has 1 saturated heterocycles. The summed E-state index contributed by atoms with van der Waals surface area (Å²) in [7, 11) is 0. The third kappa shape index (κ3) is 5.41. The van der Waals surface area contributed by atoms with Crippen LogP contribution in [0.5, 0.6) is 0 Å². The van der Waals surface area contributed by atoms with Crippen molar-refractivity contribution < 1.29 is 14.3 Å². The van der Waals surface area contributed by atoms with Gasteiger partial charge in [-0.15, -0.1) is 0 Å². The van der Waals surface area contributed by atoms with Crippen molar-refractivity contribution in [1.29, 1.82) is 0 Å². The largest absolute Gasteiger partial charge is 0.375 e. The van der Waals surface area contributed by atoms with Crippen molar-refractivity contribution >= 4 is 29.2 Å². The van der Waals surface area contributed by atoms with Gasteiger partial charge in [0.25, 0.3) is 0 Å². The van der Waals surface area contributed by atoms with Crippen LogP contribution in [-0.2, 0) is 9.53 Å². The number of hydrogen-bond acceptors (Lipinski definition) is 3. The van der Waals surface area contributed by atoms with Crippen LogP contribution in [0.25, 0.3) is 0 Å². The highest BCUT2D eigenvalue weighted by Gasteiger charge is 2.21. The Labute approximate surface area is 141 Å². The fourth-order valence-electron chi connectivity index (χ4n) is 2.33. The second-order valence-corrected chi connectivity index (χ2v) is 6.05. The Morgan fingerprint density at radius 1 is 1.43 bits per heavy atom. The summed E-state index contributed by atoms with van der Waals surface area (Å²) in [6.07, 6.45) is 0.233. The minimum atomic E-state index is -0.189. The van der Waals surface area contributed by atoms with E-state index in [1.165, 1.54) is 0 Å². The molecule has 0 unspecified atom stereocenters. The van der Waals surface area contributed by atoms with Crippen LogP contribution in [0.1, 0.15) is 18.9 Å². The van der Waals surface area contributed by atoms with Crippen LogP contribution >= 0.6 is 11.6 Å². The Balaban J connectivity index is 1.73. The number of aryl methyl sites for hydroxylation is 1. The second-order valence-electron chi connectivity index (χ2n) is 5.64. The molecular weight excluding hydrogens is 318 g/mol. The maximum absolute atomic E-state index is 12.0. The van der Waals surface area contributed by atoms with E-state index in [-0.39, 0.29) is 31.0 Å². The molecule has 1 fully saturated rings. The molecule has 1 aromatic carbocycles. The fourth-order valence-corrected chi connectivity index (χ4v) is 2.61. The summed E-state index contributed by atoms with van der Waals surface area (Å²) in [5, 5.41) is 6.00. The number of benzene rings is 1. The summed E-state index contributed by atoms with van der Waals surface area (Å²) in [6, 6.07) is 5.27. The standard InChI is InChI=1S/C16H22ClN3O3/c1-11-3-4-14(13(17)9-11)19-15(21)5-6-18-16(22)20-7-8-23-12(2)10-20/h3-4,9,12H,5-8,10H2,1-2H3,(H,18,22)(H,19,21)/t12-/m0/s1. The molecule has 1 aliphatic rings. The van der Waals surface area contributed by atoms with Crippen LogP contribution in [0.3, 0.4) is 0 Å². The van der Waals surface area contributed by atoms with Gasteiger partial charge in [-0.1, -0.05) is 17.7 Å². The van der Waals surface area contributed by atoms with E-state index >= 15 is 0 Å². The zero-order valence-corrected chi connectivity index (χ0v) is 14.2. The van der Waals surface area contributed by atoms with Gasteiger partial charge in [0.15, 0.2) is 0 Å². The highest BCUT2D eigenvalue weighted by molar-refractivity contribution is 6.33. The number of halogens is 1. The van der Waals surface area contributed by atoms with Gasteiger partial charge in [0.05, 0.1) is 23.4 Å². The molecule has 2 N–H and O–H groups in total. The topological polar surface area (TPSA) is 70.7 Å². The van der Waals surface area contributed by atoms with E-state index < -0.39 is 0 Å². The molecule has 2 rings (SSSR count). The van der Waals surface area contributed by atoms with E-state index in [0.29, 0.717) is 30.4 Å². The van der Waals surface area contributed by atoms with Crippen LogP contribution in [0.2, 0.25) is 5.02 Å². The molecule has 1 atom stereocenters. The third-order valence-electron chi connectivity index (χ3n) is 3.56. The van der Waals surface area contributed by atoms with Gasteiger partial charge in [-0.2, -0.15) is 0 Å². The van der Waals surface area contributed by atoms with E-state index in [9.17, 15) is 9.59 Å². The first-order valence-electron chi connectivity index (χ1n) is 7.66. The van der Waals surface area contributed by atoms with Crippen LogP contribution in [0.4, 0.5) is 10.5 Å². The number of ether oxygens (including phenoxy) is 1. The molecule has 0 aliphatic carbocycles. The molecule has 1 aliphatic heterocycles. The van der Waals surface area contributed by atoms with Gasteiger partial charge in [-0.3, -0.25) is 4.79 Å². The van der Waals surface area contributed by atoms with E-state index in [0.717, 1.165) is 5.56 Å². The molecule has 0 bridgehead atoms. The Morgan fingerprint density at radius 3 is 2.91 bits per heavy atom.